The maximum absolute atomic E-state index is 6.02. The van der Waals surface area contributed by atoms with Gasteiger partial charge in [-0.3, -0.25) is 0 Å². The van der Waals surface area contributed by atoms with Gasteiger partial charge in [0.1, 0.15) is 5.60 Å². The minimum absolute atomic E-state index is 0.230. The molecule has 0 amide bonds. The van der Waals surface area contributed by atoms with Crippen molar-refractivity contribution in [3.05, 3.63) is 10.9 Å². The molecule has 0 fully saturated rings. The second-order valence-electron chi connectivity index (χ2n) is 6.40. The summed E-state index contributed by atoms with van der Waals surface area (Å²) in [7, 11) is 0. The Kier molecular flexibility index (Phi) is 11.1. The van der Waals surface area contributed by atoms with E-state index in [2.05, 4.69) is 34.0 Å². The Labute approximate surface area is 136 Å². The van der Waals surface area contributed by atoms with Gasteiger partial charge >= 0.3 is 0 Å². The summed E-state index contributed by atoms with van der Waals surface area (Å²) in [6.07, 6.45) is 8.14. The predicted octanol–water partition coefficient (Wildman–Crippen LogP) is 4.92. The fourth-order valence-corrected chi connectivity index (χ4v) is 2.91. The first-order valence-electron chi connectivity index (χ1n) is 8.15. The minimum Gasteiger partial charge on any atom is -0.465 e. The summed E-state index contributed by atoms with van der Waals surface area (Å²) in [5, 5.41) is 0. The normalized spacial score (nSPS) is 14.6. The SMILES string of the molecule is CCOC(OC(C)(C)C)=C(SC)[C@@H](C)CCCCCCN. The molecule has 0 bridgehead atoms. The molecule has 126 valence electrons. The van der Waals surface area contributed by atoms with E-state index in [0.29, 0.717) is 18.5 Å². The van der Waals surface area contributed by atoms with E-state index in [1.165, 1.54) is 30.6 Å². The Morgan fingerprint density at radius 1 is 1.14 bits per heavy atom. The average molecular weight is 318 g/mol. The van der Waals surface area contributed by atoms with Crippen LogP contribution in [0.15, 0.2) is 10.9 Å². The van der Waals surface area contributed by atoms with Crippen molar-refractivity contribution >= 4 is 11.8 Å². The van der Waals surface area contributed by atoms with Crippen LogP contribution in [0.2, 0.25) is 0 Å². The van der Waals surface area contributed by atoms with Crippen molar-refractivity contribution in [1.29, 1.82) is 0 Å². The van der Waals surface area contributed by atoms with Gasteiger partial charge in [-0.2, -0.15) is 0 Å². The molecule has 0 aliphatic carbocycles. The second kappa shape index (κ2) is 11.2. The van der Waals surface area contributed by atoms with Crippen molar-refractivity contribution in [1.82, 2.24) is 0 Å². The Hall–Kier alpha value is -0.350. The molecule has 0 aromatic heterocycles. The zero-order chi connectivity index (χ0) is 16.3. The number of thioether (sulfide) groups is 1. The Balaban J connectivity index is 4.66. The molecule has 0 aromatic carbocycles. The molecule has 0 saturated heterocycles. The number of rotatable bonds is 11. The van der Waals surface area contributed by atoms with Crippen LogP contribution < -0.4 is 5.73 Å². The summed E-state index contributed by atoms with van der Waals surface area (Å²) in [6.45, 7) is 11.9. The van der Waals surface area contributed by atoms with Crippen LogP contribution in [-0.2, 0) is 9.47 Å². The third kappa shape index (κ3) is 10.1. The lowest BCUT2D eigenvalue weighted by Crippen LogP contribution is -2.21. The molecule has 0 unspecified atom stereocenters. The first kappa shape index (κ1) is 20.6. The van der Waals surface area contributed by atoms with Crippen LogP contribution in [-0.4, -0.2) is 25.0 Å². The fraction of sp³-hybridized carbons (Fsp3) is 0.882. The van der Waals surface area contributed by atoms with Gasteiger partial charge in [0, 0.05) is 0 Å². The van der Waals surface area contributed by atoms with Crippen LogP contribution in [0, 0.1) is 5.92 Å². The van der Waals surface area contributed by atoms with Gasteiger partial charge in [-0.05, 0) is 59.3 Å². The van der Waals surface area contributed by atoms with E-state index < -0.39 is 0 Å². The van der Waals surface area contributed by atoms with Crippen LogP contribution in [0.3, 0.4) is 0 Å². The smallest absolute Gasteiger partial charge is 0.289 e. The molecule has 0 aliphatic heterocycles. The highest BCUT2D eigenvalue weighted by Gasteiger charge is 2.21. The third-order valence-corrected chi connectivity index (χ3v) is 4.14. The third-order valence-electron chi connectivity index (χ3n) is 3.13. The minimum atomic E-state index is -0.230. The van der Waals surface area contributed by atoms with Crippen LogP contribution in [0.25, 0.3) is 0 Å². The molecular formula is C17H35NO2S. The fourth-order valence-electron chi connectivity index (χ4n) is 2.13. The molecule has 1 atom stereocenters. The standard InChI is InChI=1S/C17H35NO2S/c1-7-19-16(20-17(3,4)5)15(21-6)14(2)12-10-8-9-11-13-18/h14H,7-13,18H2,1-6H3/t14-/m0/s1. The van der Waals surface area contributed by atoms with Crippen LogP contribution >= 0.6 is 11.8 Å². The largest absolute Gasteiger partial charge is 0.465 e. The van der Waals surface area contributed by atoms with Gasteiger partial charge in [0.25, 0.3) is 5.95 Å². The quantitative estimate of drug-likeness (QED) is 0.434. The van der Waals surface area contributed by atoms with E-state index in [1.54, 1.807) is 11.8 Å². The van der Waals surface area contributed by atoms with E-state index in [4.69, 9.17) is 15.2 Å². The number of ether oxygens (including phenoxy) is 2. The second-order valence-corrected chi connectivity index (χ2v) is 7.24. The zero-order valence-corrected chi connectivity index (χ0v) is 15.6. The van der Waals surface area contributed by atoms with Crippen LogP contribution in [0.5, 0.6) is 0 Å². The molecule has 0 heterocycles. The lowest BCUT2D eigenvalue weighted by atomic mass is 10.0. The number of unbranched alkanes of at least 4 members (excludes halogenated alkanes) is 3. The highest BCUT2D eigenvalue weighted by molar-refractivity contribution is 8.02. The molecule has 21 heavy (non-hydrogen) atoms. The summed E-state index contributed by atoms with van der Waals surface area (Å²) < 4.78 is 11.8. The number of nitrogens with two attached hydrogens (primary N) is 1. The summed E-state index contributed by atoms with van der Waals surface area (Å²) in [5.41, 5.74) is 5.30. The summed E-state index contributed by atoms with van der Waals surface area (Å²) >= 11 is 1.74. The highest BCUT2D eigenvalue weighted by Crippen LogP contribution is 2.32. The first-order chi connectivity index (χ1) is 9.85. The summed E-state index contributed by atoms with van der Waals surface area (Å²) in [5.74, 6) is 1.19. The topological polar surface area (TPSA) is 44.5 Å². The van der Waals surface area contributed by atoms with E-state index in [9.17, 15) is 0 Å². The van der Waals surface area contributed by atoms with Crippen LogP contribution in [0.4, 0.5) is 0 Å². The molecule has 0 aliphatic rings. The molecule has 0 radical (unpaired) electrons. The molecule has 3 nitrogen and oxygen atoms in total. The van der Waals surface area contributed by atoms with Crippen molar-refractivity contribution in [3.8, 4) is 0 Å². The zero-order valence-electron chi connectivity index (χ0n) is 14.8. The van der Waals surface area contributed by atoms with Gasteiger partial charge < -0.3 is 15.2 Å². The average Bonchev–Trinajstić information content (AvgIpc) is 2.37. The Morgan fingerprint density at radius 3 is 2.24 bits per heavy atom. The van der Waals surface area contributed by atoms with Gasteiger partial charge in [-0.25, -0.2) is 0 Å². The van der Waals surface area contributed by atoms with Gasteiger partial charge in [0.05, 0.1) is 11.5 Å². The van der Waals surface area contributed by atoms with E-state index >= 15 is 0 Å². The monoisotopic (exact) mass is 317 g/mol. The summed E-state index contributed by atoms with van der Waals surface area (Å²) in [4.78, 5) is 1.23. The number of allylic oxidation sites excluding steroid dienone is 1. The molecule has 2 N–H and O–H groups in total. The van der Waals surface area contributed by atoms with Crippen LogP contribution in [0.1, 0.15) is 66.7 Å². The van der Waals surface area contributed by atoms with Gasteiger partial charge in [-0.15, -0.1) is 11.8 Å². The molecule has 0 aromatic rings. The first-order valence-corrected chi connectivity index (χ1v) is 9.38. The molecule has 4 heteroatoms. The van der Waals surface area contributed by atoms with Gasteiger partial charge in [0.15, 0.2) is 0 Å². The lowest BCUT2D eigenvalue weighted by Gasteiger charge is -2.26. The molecule has 0 spiro atoms. The maximum Gasteiger partial charge on any atom is 0.289 e. The predicted molar refractivity (Wildman–Crippen MR) is 94.3 cm³/mol. The number of hydrogen-bond acceptors (Lipinski definition) is 4. The van der Waals surface area contributed by atoms with Crippen molar-refractivity contribution in [3.63, 3.8) is 0 Å². The number of hydrogen-bond donors (Lipinski definition) is 1. The Morgan fingerprint density at radius 2 is 1.76 bits per heavy atom. The van der Waals surface area contributed by atoms with Gasteiger partial charge in [-0.1, -0.05) is 26.2 Å². The van der Waals surface area contributed by atoms with Crippen molar-refractivity contribution in [2.75, 3.05) is 19.4 Å². The van der Waals surface area contributed by atoms with Crippen molar-refractivity contribution in [2.45, 2.75) is 72.3 Å². The van der Waals surface area contributed by atoms with E-state index in [-0.39, 0.29) is 5.60 Å². The Bertz CT molecular complexity index is 298. The van der Waals surface area contributed by atoms with Gasteiger partial charge in [0.2, 0.25) is 0 Å². The van der Waals surface area contributed by atoms with Crippen molar-refractivity contribution in [2.24, 2.45) is 11.7 Å². The molecule has 0 rings (SSSR count). The lowest BCUT2D eigenvalue weighted by molar-refractivity contribution is -0.0439. The molecule has 0 saturated carbocycles. The van der Waals surface area contributed by atoms with E-state index in [1.807, 2.05) is 6.92 Å². The molecular weight excluding hydrogens is 282 g/mol. The van der Waals surface area contributed by atoms with E-state index in [0.717, 1.165) is 13.0 Å². The summed E-state index contributed by atoms with van der Waals surface area (Å²) in [6, 6.07) is 0. The van der Waals surface area contributed by atoms with Crippen molar-refractivity contribution < 1.29 is 9.47 Å². The maximum atomic E-state index is 6.02. The highest BCUT2D eigenvalue weighted by atomic mass is 32.2.